The summed E-state index contributed by atoms with van der Waals surface area (Å²) in [6.07, 6.45) is 2.95. The highest BCUT2D eigenvalue weighted by Crippen LogP contribution is 2.31. The normalized spacial score (nSPS) is 14.9. The molecule has 0 saturated heterocycles. The van der Waals surface area contributed by atoms with Crippen molar-refractivity contribution in [2.75, 3.05) is 25.1 Å². The van der Waals surface area contributed by atoms with Crippen molar-refractivity contribution >= 4 is 29.1 Å². The van der Waals surface area contributed by atoms with Gasteiger partial charge in [-0.3, -0.25) is 4.79 Å². The minimum atomic E-state index is -0.534. The van der Waals surface area contributed by atoms with Crippen LogP contribution < -0.4 is 15.0 Å². The van der Waals surface area contributed by atoms with Crippen LogP contribution in [0.4, 0.5) is 10.3 Å². The zero-order chi connectivity index (χ0) is 18.3. The van der Waals surface area contributed by atoms with Gasteiger partial charge in [-0.05, 0) is 12.1 Å². The quantitative estimate of drug-likeness (QED) is 0.642. The van der Waals surface area contributed by atoms with Gasteiger partial charge in [0.15, 0.2) is 11.3 Å². The Morgan fingerprint density at radius 3 is 3.00 bits per heavy atom. The molecule has 0 aliphatic carbocycles. The lowest BCUT2D eigenvalue weighted by atomic mass is 10.2. The average Bonchev–Trinajstić information content (AvgIpc) is 3.06. The van der Waals surface area contributed by atoms with Crippen molar-refractivity contribution in [2.24, 2.45) is 0 Å². The largest absolute Gasteiger partial charge is 0.491 e. The predicted octanol–water partition coefficient (Wildman–Crippen LogP) is 1.68. The molecule has 0 atom stereocenters. The second-order valence-corrected chi connectivity index (χ2v) is 6.15. The van der Waals surface area contributed by atoms with Crippen molar-refractivity contribution in [1.82, 2.24) is 24.9 Å². The monoisotopic (exact) mass is 376 g/mol. The standard InChI is InChI=1S/C16H14ClFN6O2/c1-23-8-9-12(3-2-10(18)14(9)17)26-5-4-19-15(25)11-6-20-13-7-21-16(23)22-24(11)13/h2-3,6-7H,4-5,8H2,1H3,(H,19,25). The Morgan fingerprint density at radius 2 is 2.15 bits per heavy atom. The number of aromatic nitrogens is 4. The molecule has 0 unspecified atom stereocenters. The first-order valence-electron chi connectivity index (χ1n) is 7.84. The lowest BCUT2D eigenvalue weighted by Crippen LogP contribution is -2.29. The molecule has 26 heavy (non-hydrogen) atoms. The number of carbonyl (C=O) groups is 1. The van der Waals surface area contributed by atoms with Crippen molar-refractivity contribution < 1.29 is 13.9 Å². The molecule has 3 heterocycles. The molecule has 8 nitrogen and oxygen atoms in total. The van der Waals surface area contributed by atoms with Gasteiger partial charge < -0.3 is 15.0 Å². The number of nitrogens with one attached hydrogen (secondary N) is 1. The number of fused-ring (bicyclic) bond motifs is 2. The maximum atomic E-state index is 13.9. The highest BCUT2D eigenvalue weighted by molar-refractivity contribution is 6.31. The van der Waals surface area contributed by atoms with Crippen molar-refractivity contribution in [3.63, 3.8) is 0 Å². The molecule has 10 heteroatoms. The summed E-state index contributed by atoms with van der Waals surface area (Å²) < 4.78 is 21.0. The second kappa shape index (κ2) is 6.41. The Labute approximate surface area is 152 Å². The maximum Gasteiger partial charge on any atom is 0.271 e. The van der Waals surface area contributed by atoms with Crippen LogP contribution in [0.5, 0.6) is 5.75 Å². The number of anilines is 1. The smallest absolute Gasteiger partial charge is 0.271 e. The van der Waals surface area contributed by atoms with E-state index in [1.54, 1.807) is 11.9 Å². The molecule has 0 saturated carbocycles. The van der Waals surface area contributed by atoms with Crippen LogP contribution in [-0.4, -0.2) is 45.7 Å². The van der Waals surface area contributed by atoms with Crippen LogP contribution in [-0.2, 0) is 6.54 Å². The molecular weight excluding hydrogens is 363 g/mol. The van der Waals surface area contributed by atoms with Gasteiger partial charge in [-0.15, -0.1) is 5.10 Å². The highest BCUT2D eigenvalue weighted by atomic mass is 35.5. The number of rotatable bonds is 0. The minimum Gasteiger partial charge on any atom is -0.491 e. The number of imidazole rings is 1. The van der Waals surface area contributed by atoms with Crippen LogP contribution in [0.3, 0.4) is 0 Å². The van der Waals surface area contributed by atoms with E-state index in [0.29, 0.717) is 22.9 Å². The van der Waals surface area contributed by atoms with Crippen LogP contribution in [0, 0.1) is 5.82 Å². The molecule has 4 rings (SSSR count). The summed E-state index contributed by atoms with van der Waals surface area (Å²) in [7, 11) is 1.74. The Kier molecular flexibility index (Phi) is 4.08. The molecule has 1 aliphatic heterocycles. The van der Waals surface area contributed by atoms with Crippen molar-refractivity contribution in [2.45, 2.75) is 6.54 Å². The van der Waals surface area contributed by atoms with Gasteiger partial charge >= 0.3 is 0 Å². The summed E-state index contributed by atoms with van der Waals surface area (Å²) in [5, 5.41) is 7.09. The summed E-state index contributed by atoms with van der Waals surface area (Å²) in [4.78, 5) is 22.4. The van der Waals surface area contributed by atoms with Gasteiger partial charge in [0.1, 0.15) is 18.2 Å². The van der Waals surface area contributed by atoms with E-state index in [1.807, 2.05) is 0 Å². The molecular formula is C16H14ClFN6O2. The lowest BCUT2D eigenvalue weighted by Gasteiger charge is -2.20. The summed E-state index contributed by atoms with van der Waals surface area (Å²) >= 11 is 6.15. The molecule has 1 aromatic carbocycles. The number of nitrogens with zero attached hydrogens (tertiary/aromatic N) is 5. The molecule has 2 aromatic heterocycles. The van der Waals surface area contributed by atoms with Crippen LogP contribution >= 0.6 is 11.6 Å². The van der Waals surface area contributed by atoms with Gasteiger partial charge in [-0.2, -0.15) is 0 Å². The zero-order valence-electron chi connectivity index (χ0n) is 13.7. The molecule has 2 bridgehead atoms. The fraction of sp³-hybridized carbons (Fsp3) is 0.250. The van der Waals surface area contributed by atoms with E-state index in [9.17, 15) is 9.18 Å². The number of carbonyl (C=O) groups excluding carboxylic acids is 1. The van der Waals surface area contributed by atoms with E-state index in [4.69, 9.17) is 16.3 Å². The van der Waals surface area contributed by atoms with Gasteiger partial charge in [0.25, 0.3) is 5.91 Å². The van der Waals surface area contributed by atoms with E-state index >= 15 is 0 Å². The van der Waals surface area contributed by atoms with E-state index in [0.717, 1.165) is 0 Å². The molecule has 1 amide bonds. The van der Waals surface area contributed by atoms with Crippen LogP contribution in [0.2, 0.25) is 5.02 Å². The number of amides is 1. The zero-order valence-corrected chi connectivity index (χ0v) is 14.5. The predicted molar refractivity (Wildman–Crippen MR) is 92.1 cm³/mol. The average molecular weight is 377 g/mol. The van der Waals surface area contributed by atoms with Crippen LogP contribution in [0.25, 0.3) is 5.65 Å². The van der Waals surface area contributed by atoms with E-state index in [-0.39, 0.29) is 36.3 Å². The Bertz CT molecular complexity index is 1010. The van der Waals surface area contributed by atoms with Crippen molar-refractivity contribution in [3.8, 4) is 5.75 Å². The molecule has 0 spiro atoms. The van der Waals surface area contributed by atoms with Gasteiger partial charge in [0, 0.05) is 12.6 Å². The number of halogens is 2. The third-order valence-electron chi connectivity index (χ3n) is 4.02. The summed E-state index contributed by atoms with van der Waals surface area (Å²) in [5.74, 6) is -0.0903. The van der Waals surface area contributed by atoms with Gasteiger partial charge in [-0.1, -0.05) is 11.6 Å². The summed E-state index contributed by atoms with van der Waals surface area (Å²) in [6.45, 7) is 0.687. The van der Waals surface area contributed by atoms with Crippen LogP contribution in [0.15, 0.2) is 24.5 Å². The third kappa shape index (κ3) is 2.80. The first kappa shape index (κ1) is 16.5. The number of hydrogen-bond acceptors (Lipinski definition) is 6. The van der Waals surface area contributed by atoms with E-state index in [1.165, 1.54) is 29.0 Å². The molecule has 134 valence electrons. The lowest BCUT2D eigenvalue weighted by molar-refractivity contribution is 0.0940. The van der Waals surface area contributed by atoms with Gasteiger partial charge in [0.2, 0.25) is 5.95 Å². The maximum absolute atomic E-state index is 13.9. The summed E-state index contributed by atoms with van der Waals surface area (Å²) in [5.41, 5.74) is 1.22. The second-order valence-electron chi connectivity index (χ2n) is 5.77. The number of benzene rings is 1. The Balaban J connectivity index is 1.83. The molecule has 1 aliphatic rings. The Hall–Kier alpha value is -2.94. The van der Waals surface area contributed by atoms with Gasteiger partial charge in [0.05, 0.1) is 30.5 Å². The van der Waals surface area contributed by atoms with Crippen LogP contribution in [0.1, 0.15) is 16.1 Å². The van der Waals surface area contributed by atoms with Crippen molar-refractivity contribution in [3.05, 3.63) is 46.6 Å². The molecule has 1 N–H and O–H groups in total. The number of ether oxygens (including phenoxy) is 1. The fourth-order valence-corrected chi connectivity index (χ4v) is 2.91. The molecule has 0 radical (unpaired) electrons. The number of hydrogen-bond donors (Lipinski definition) is 1. The highest BCUT2D eigenvalue weighted by Gasteiger charge is 2.19. The fourth-order valence-electron chi connectivity index (χ4n) is 2.70. The Morgan fingerprint density at radius 1 is 1.31 bits per heavy atom. The summed E-state index contributed by atoms with van der Waals surface area (Å²) in [6, 6.07) is 2.76. The van der Waals surface area contributed by atoms with Crippen molar-refractivity contribution in [1.29, 1.82) is 0 Å². The molecule has 0 fully saturated rings. The first-order valence-corrected chi connectivity index (χ1v) is 8.22. The minimum absolute atomic E-state index is 0.0161. The van der Waals surface area contributed by atoms with E-state index in [2.05, 4.69) is 20.4 Å². The topological polar surface area (TPSA) is 84.6 Å². The first-order chi connectivity index (χ1) is 12.5. The molecule has 3 aromatic rings. The SMILES string of the molecule is CN1Cc2c(ccc(F)c2Cl)OCCNC(=O)c2cnc3cnc1nn23. The third-order valence-corrected chi connectivity index (χ3v) is 4.43. The van der Waals surface area contributed by atoms with E-state index < -0.39 is 5.82 Å². The van der Waals surface area contributed by atoms with Gasteiger partial charge in [-0.25, -0.2) is 18.9 Å².